The molecule has 2 heteroatoms. The van der Waals surface area contributed by atoms with E-state index >= 15 is 0 Å². The summed E-state index contributed by atoms with van der Waals surface area (Å²) in [7, 11) is 0. The number of aliphatic imine (C=N–C) groups is 1. The minimum atomic E-state index is 0.263. The van der Waals surface area contributed by atoms with Crippen molar-refractivity contribution >= 4 is 17.1 Å². The Balaban J connectivity index is 1.61. The van der Waals surface area contributed by atoms with E-state index in [2.05, 4.69) is 90.2 Å². The van der Waals surface area contributed by atoms with Gasteiger partial charge in [-0.25, -0.2) is 0 Å². The van der Waals surface area contributed by atoms with Crippen molar-refractivity contribution in [3.05, 3.63) is 96.1 Å². The van der Waals surface area contributed by atoms with Crippen molar-refractivity contribution < 1.29 is 0 Å². The molecule has 3 aromatic carbocycles. The highest BCUT2D eigenvalue weighted by Gasteiger charge is 2.19. The molecule has 0 aromatic heterocycles. The normalized spacial score (nSPS) is 16.3. The summed E-state index contributed by atoms with van der Waals surface area (Å²) in [4.78, 5) is 4.98. The van der Waals surface area contributed by atoms with E-state index in [1.165, 1.54) is 16.8 Å². The van der Waals surface area contributed by atoms with E-state index < -0.39 is 0 Å². The highest BCUT2D eigenvalue weighted by Crippen LogP contribution is 2.34. The van der Waals surface area contributed by atoms with Crippen LogP contribution in [0.25, 0.3) is 0 Å². The van der Waals surface area contributed by atoms with Gasteiger partial charge in [0.2, 0.25) is 0 Å². The standard InChI is InChI=1S/C23H22N2/c1-3-9-18(10-4-1)15-16-20-17-23(19-11-5-2-6-12-19)25-22-14-8-7-13-21(22)24-20/h1-14,23,25H,15-17H2. The highest BCUT2D eigenvalue weighted by atomic mass is 15.0. The minimum Gasteiger partial charge on any atom is -0.376 e. The number of nitrogens with zero attached hydrogens (tertiary/aromatic N) is 1. The van der Waals surface area contributed by atoms with Gasteiger partial charge in [0.1, 0.15) is 0 Å². The zero-order valence-electron chi connectivity index (χ0n) is 14.2. The number of nitrogens with one attached hydrogen (secondary N) is 1. The van der Waals surface area contributed by atoms with Gasteiger partial charge in [-0.3, -0.25) is 4.99 Å². The predicted molar refractivity (Wildman–Crippen MR) is 106 cm³/mol. The van der Waals surface area contributed by atoms with Gasteiger partial charge in [-0.15, -0.1) is 0 Å². The Hall–Kier alpha value is -2.87. The molecule has 1 aliphatic rings. The van der Waals surface area contributed by atoms with Crippen molar-refractivity contribution in [2.24, 2.45) is 4.99 Å². The Morgan fingerprint density at radius 3 is 2.24 bits per heavy atom. The van der Waals surface area contributed by atoms with Crippen LogP contribution in [0.4, 0.5) is 11.4 Å². The van der Waals surface area contributed by atoms with Gasteiger partial charge >= 0.3 is 0 Å². The van der Waals surface area contributed by atoms with Crippen molar-refractivity contribution in [3.63, 3.8) is 0 Å². The molecule has 124 valence electrons. The SMILES string of the molecule is c1ccc(CCC2=Nc3ccccc3NC(c3ccccc3)C2)cc1. The number of para-hydroxylation sites is 2. The molecular weight excluding hydrogens is 304 g/mol. The summed E-state index contributed by atoms with van der Waals surface area (Å²) in [6, 6.07) is 29.9. The van der Waals surface area contributed by atoms with E-state index in [9.17, 15) is 0 Å². The van der Waals surface area contributed by atoms with Crippen LogP contribution in [0.3, 0.4) is 0 Å². The lowest BCUT2D eigenvalue weighted by atomic mass is 9.97. The molecule has 0 saturated carbocycles. The second-order valence-electron chi connectivity index (χ2n) is 6.49. The van der Waals surface area contributed by atoms with Crippen LogP contribution in [0.5, 0.6) is 0 Å². The van der Waals surface area contributed by atoms with E-state index in [1.54, 1.807) is 0 Å². The lowest BCUT2D eigenvalue weighted by Gasteiger charge is -2.19. The molecule has 1 N–H and O–H groups in total. The molecule has 0 radical (unpaired) electrons. The maximum Gasteiger partial charge on any atom is 0.0860 e. The molecule has 1 atom stereocenters. The smallest absolute Gasteiger partial charge is 0.0860 e. The number of aryl methyl sites for hydroxylation is 1. The molecule has 3 aromatic rings. The van der Waals surface area contributed by atoms with Crippen LogP contribution in [-0.4, -0.2) is 5.71 Å². The zero-order valence-corrected chi connectivity index (χ0v) is 14.2. The molecule has 0 amide bonds. The average Bonchev–Trinajstić information content (AvgIpc) is 2.87. The molecule has 0 fully saturated rings. The number of hydrogen-bond donors (Lipinski definition) is 1. The van der Waals surface area contributed by atoms with Gasteiger partial charge in [-0.2, -0.15) is 0 Å². The fraction of sp³-hybridized carbons (Fsp3) is 0.174. The molecule has 1 heterocycles. The Kier molecular flexibility index (Phi) is 4.60. The number of rotatable bonds is 4. The molecule has 1 aliphatic heterocycles. The average molecular weight is 326 g/mol. The lowest BCUT2D eigenvalue weighted by Crippen LogP contribution is -2.14. The van der Waals surface area contributed by atoms with E-state index in [1.807, 2.05) is 0 Å². The van der Waals surface area contributed by atoms with Crippen LogP contribution in [0.1, 0.15) is 30.0 Å². The molecule has 0 spiro atoms. The second-order valence-corrected chi connectivity index (χ2v) is 6.49. The van der Waals surface area contributed by atoms with E-state index in [-0.39, 0.29) is 6.04 Å². The summed E-state index contributed by atoms with van der Waals surface area (Å²) in [5, 5.41) is 3.69. The summed E-state index contributed by atoms with van der Waals surface area (Å²) in [5.74, 6) is 0. The van der Waals surface area contributed by atoms with Crippen LogP contribution in [0.2, 0.25) is 0 Å². The molecule has 4 rings (SSSR count). The van der Waals surface area contributed by atoms with Crippen LogP contribution in [0, 0.1) is 0 Å². The first kappa shape index (κ1) is 15.6. The second kappa shape index (κ2) is 7.35. The first-order valence-corrected chi connectivity index (χ1v) is 8.89. The molecule has 0 aliphatic carbocycles. The van der Waals surface area contributed by atoms with Crippen molar-refractivity contribution in [3.8, 4) is 0 Å². The van der Waals surface area contributed by atoms with Crippen molar-refractivity contribution in [1.82, 2.24) is 0 Å². The van der Waals surface area contributed by atoms with Gasteiger partial charge in [0.05, 0.1) is 17.4 Å². The Morgan fingerprint density at radius 1 is 0.760 bits per heavy atom. The summed E-state index contributed by atoms with van der Waals surface area (Å²) in [6.45, 7) is 0. The van der Waals surface area contributed by atoms with Crippen molar-refractivity contribution in [1.29, 1.82) is 0 Å². The maximum absolute atomic E-state index is 4.98. The molecule has 0 saturated heterocycles. The minimum absolute atomic E-state index is 0.263. The summed E-state index contributed by atoms with van der Waals surface area (Å²) < 4.78 is 0. The van der Waals surface area contributed by atoms with Gasteiger partial charge in [-0.05, 0) is 36.1 Å². The monoisotopic (exact) mass is 326 g/mol. The van der Waals surface area contributed by atoms with E-state index in [0.29, 0.717) is 0 Å². The number of hydrogen-bond acceptors (Lipinski definition) is 2. The van der Waals surface area contributed by atoms with Crippen LogP contribution in [-0.2, 0) is 6.42 Å². The van der Waals surface area contributed by atoms with Gasteiger partial charge in [-0.1, -0.05) is 72.8 Å². The first-order valence-electron chi connectivity index (χ1n) is 8.89. The first-order chi connectivity index (χ1) is 12.4. The van der Waals surface area contributed by atoms with Gasteiger partial charge < -0.3 is 5.32 Å². The van der Waals surface area contributed by atoms with Crippen molar-refractivity contribution in [2.75, 3.05) is 5.32 Å². The predicted octanol–water partition coefficient (Wildman–Crippen LogP) is 5.95. The fourth-order valence-electron chi connectivity index (χ4n) is 3.36. The molecule has 1 unspecified atom stereocenters. The molecule has 0 bridgehead atoms. The van der Waals surface area contributed by atoms with Crippen LogP contribution in [0.15, 0.2) is 89.9 Å². The third kappa shape index (κ3) is 3.80. The third-order valence-electron chi connectivity index (χ3n) is 4.70. The third-order valence-corrected chi connectivity index (χ3v) is 4.70. The topological polar surface area (TPSA) is 24.4 Å². The Labute approximate surface area is 149 Å². The van der Waals surface area contributed by atoms with E-state index in [4.69, 9.17) is 4.99 Å². The summed E-state index contributed by atoms with van der Waals surface area (Å²) >= 11 is 0. The molecular formula is C23H22N2. The Bertz CT molecular complexity index is 854. The molecule has 25 heavy (non-hydrogen) atoms. The fourth-order valence-corrected chi connectivity index (χ4v) is 3.36. The molecule has 2 nitrogen and oxygen atoms in total. The van der Waals surface area contributed by atoms with Crippen LogP contribution >= 0.6 is 0 Å². The van der Waals surface area contributed by atoms with Crippen LogP contribution < -0.4 is 5.32 Å². The summed E-state index contributed by atoms with van der Waals surface area (Å²) in [5.41, 5.74) is 6.10. The Morgan fingerprint density at radius 2 is 1.44 bits per heavy atom. The van der Waals surface area contributed by atoms with Crippen molar-refractivity contribution in [2.45, 2.75) is 25.3 Å². The lowest BCUT2D eigenvalue weighted by molar-refractivity contribution is 0.811. The number of anilines is 1. The van der Waals surface area contributed by atoms with E-state index in [0.717, 1.165) is 30.6 Å². The quantitative estimate of drug-likeness (QED) is 0.629. The summed E-state index contributed by atoms with van der Waals surface area (Å²) in [6.07, 6.45) is 2.96. The maximum atomic E-state index is 4.98. The zero-order chi connectivity index (χ0) is 16.9. The van der Waals surface area contributed by atoms with Gasteiger partial charge in [0.15, 0.2) is 0 Å². The largest absolute Gasteiger partial charge is 0.376 e. The number of benzene rings is 3. The van der Waals surface area contributed by atoms with Gasteiger partial charge in [0.25, 0.3) is 0 Å². The van der Waals surface area contributed by atoms with Gasteiger partial charge in [0, 0.05) is 12.1 Å². The number of fused-ring (bicyclic) bond motifs is 1. The highest BCUT2D eigenvalue weighted by molar-refractivity contribution is 5.91.